The number of hydrogen-bond acceptors (Lipinski definition) is 6. The lowest BCUT2D eigenvalue weighted by molar-refractivity contribution is 0.0680. The molecule has 1 atom stereocenters. The van der Waals surface area contributed by atoms with Gasteiger partial charge in [-0.3, -0.25) is 4.79 Å². The molecule has 1 fully saturated rings. The molecule has 0 aromatic heterocycles. The van der Waals surface area contributed by atoms with Gasteiger partial charge in [-0.2, -0.15) is 0 Å². The van der Waals surface area contributed by atoms with Crippen molar-refractivity contribution in [2.24, 2.45) is 5.92 Å². The van der Waals surface area contributed by atoms with E-state index in [1.54, 1.807) is 49.5 Å². The van der Waals surface area contributed by atoms with Gasteiger partial charge >= 0.3 is 0 Å². The number of rotatable bonds is 9. The van der Waals surface area contributed by atoms with Crippen molar-refractivity contribution in [3.63, 3.8) is 0 Å². The third-order valence-corrected chi connectivity index (χ3v) is 7.15. The summed E-state index contributed by atoms with van der Waals surface area (Å²) in [6, 6.07) is 12.1. The second kappa shape index (κ2) is 10.3. The summed E-state index contributed by atoms with van der Waals surface area (Å²) in [5.41, 5.74) is 1.32. The molecule has 0 N–H and O–H groups in total. The highest BCUT2D eigenvalue weighted by Crippen LogP contribution is 2.30. The van der Waals surface area contributed by atoms with E-state index >= 15 is 0 Å². The Morgan fingerprint density at radius 1 is 1.06 bits per heavy atom. The number of hydrogen-bond donors (Lipinski definition) is 0. The van der Waals surface area contributed by atoms with Crippen LogP contribution >= 0.6 is 0 Å². The van der Waals surface area contributed by atoms with Gasteiger partial charge in [0.1, 0.15) is 5.75 Å². The van der Waals surface area contributed by atoms with Crippen LogP contribution in [0.2, 0.25) is 0 Å². The van der Waals surface area contributed by atoms with Gasteiger partial charge in [-0.05, 0) is 54.3 Å². The van der Waals surface area contributed by atoms with Crippen LogP contribution in [0.25, 0.3) is 0 Å². The molecule has 1 aliphatic heterocycles. The van der Waals surface area contributed by atoms with Crippen LogP contribution in [0.5, 0.6) is 17.2 Å². The summed E-state index contributed by atoms with van der Waals surface area (Å²) in [6.45, 7) is 5.00. The average Bonchev–Trinajstić information content (AvgIpc) is 3.15. The minimum absolute atomic E-state index is 0.0262. The molecule has 8 heteroatoms. The first kappa shape index (κ1) is 23.9. The van der Waals surface area contributed by atoms with Gasteiger partial charge in [0, 0.05) is 18.2 Å². The summed E-state index contributed by atoms with van der Waals surface area (Å²) in [5.74, 6) is 2.11. The number of benzene rings is 2. The second-order valence-corrected chi connectivity index (χ2v) is 10.6. The number of nitrogens with zero attached hydrogens (tertiary/aromatic N) is 1. The molecular formula is C24H31NO6S. The highest BCUT2D eigenvalue weighted by Gasteiger charge is 2.35. The van der Waals surface area contributed by atoms with Gasteiger partial charge in [-0.15, -0.1) is 0 Å². The molecular weight excluding hydrogens is 430 g/mol. The van der Waals surface area contributed by atoms with Crippen molar-refractivity contribution in [2.75, 3.05) is 32.3 Å². The lowest BCUT2D eigenvalue weighted by Crippen LogP contribution is -2.40. The van der Waals surface area contributed by atoms with E-state index in [4.69, 9.17) is 14.2 Å². The highest BCUT2D eigenvalue weighted by molar-refractivity contribution is 7.91. The normalized spacial score (nSPS) is 17.2. The minimum atomic E-state index is -3.15. The highest BCUT2D eigenvalue weighted by atomic mass is 32.2. The average molecular weight is 462 g/mol. The molecule has 0 radical (unpaired) electrons. The van der Waals surface area contributed by atoms with Crippen molar-refractivity contribution in [3.8, 4) is 17.2 Å². The number of sulfone groups is 1. The summed E-state index contributed by atoms with van der Waals surface area (Å²) in [4.78, 5) is 15.1. The molecule has 0 saturated carbocycles. The molecule has 3 rings (SSSR count). The van der Waals surface area contributed by atoms with Crippen LogP contribution in [-0.4, -0.2) is 57.6 Å². The van der Waals surface area contributed by atoms with E-state index in [1.807, 2.05) is 12.1 Å². The van der Waals surface area contributed by atoms with Crippen molar-refractivity contribution in [2.45, 2.75) is 32.9 Å². The van der Waals surface area contributed by atoms with Crippen molar-refractivity contribution >= 4 is 15.7 Å². The SMILES string of the molecule is COc1ccc(CN(C(=O)c2ccc(OCC(C)C)cc2)C2CCS(=O)(=O)C2)cc1OC. The maximum absolute atomic E-state index is 13.4. The Balaban J connectivity index is 1.85. The Morgan fingerprint density at radius 3 is 2.31 bits per heavy atom. The Kier molecular flexibility index (Phi) is 7.66. The van der Waals surface area contributed by atoms with Crippen LogP contribution in [0.15, 0.2) is 42.5 Å². The molecule has 7 nitrogen and oxygen atoms in total. The van der Waals surface area contributed by atoms with Crippen molar-refractivity contribution < 1.29 is 27.4 Å². The second-order valence-electron chi connectivity index (χ2n) is 8.41. The van der Waals surface area contributed by atoms with Crippen LogP contribution < -0.4 is 14.2 Å². The minimum Gasteiger partial charge on any atom is -0.493 e. The molecule has 0 aliphatic carbocycles. The van der Waals surface area contributed by atoms with Gasteiger partial charge in [0.2, 0.25) is 0 Å². The Bertz CT molecular complexity index is 1030. The molecule has 1 unspecified atom stereocenters. The Labute approximate surface area is 190 Å². The standard InChI is InChI=1S/C24H31NO6S/c1-17(2)15-31-21-8-6-19(7-9-21)24(26)25(20-11-12-32(27,28)16-20)14-18-5-10-22(29-3)23(13-18)30-4/h5-10,13,17,20H,11-12,14-16H2,1-4H3. The van der Waals surface area contributed by atoms with Crippen LogP contribution in [0.1, 0.15) is 36.2 Å². The fourth-order valence-corrected chi connectivity index (χ4v) is 5.42. The zero-order chi connectivity index (χ0) is 23.3. The van der Waals surface area contributed by atoms with Gasteiger partial charge in [0.05, 0.1) is 32.3 Å². The van der Waals surface area contributed by atoms with E-state index in [-0.39, 0.29) is 30.0 Å². The smallest absolute Gasteiger partial charge is 0.254 e. The van der Waals surface area contributed by atoms with Crippen LogP contribution in [0.4, 0.5) is 0 Å². The van der Waals surface area contributed by atoms with E-state index in [9.17, 15) is 13.2 Å². The molecule has 1 heterocycles. The third-order valence-electron chi connectivity index (χ3n) is 5.40. The summed E-state index contributed by atoms with van der Waals surface area (Å²) >= 11 is 0. The van der Waals surface area contributed by atoms with E-state index in [1.165, 1.54) is 0 Å². The molecule has 1 amide bonds. The van der Waals surface area contributed by atoms with Gasteiger partial charge < -0.3 is 19.1 Å². The van der Waals surface area contributed by atoms with Crippen LogP contribution in [0.3, 0.4) is 0 Å². The molecule has 32 heavy (non-hydrogen) atoms. The monoisotopic (exact) mass is 461 g/mol. The molecule has 2 aromatic carbocycles. The van der Waals surface area contributed by atoms with E-state index in [0.29, 0.717) is 41.8 Å². The maximum atomic E-state index is 13.4. The molecule has 0 bridgehead atoms. The predicted octanol–water partition coefficient (Wildman–Crippen LogP) is 3.57. The molecule has 2 aromatic rings. The van der Waals surface area contributed by atoms with Crippen molar-refractivity contribution in [3.05, 3.63) is 53.6 Å². The largest absolute Gasteiger partial charge is 0.493 e. The summed E-state index contributed by atoms with van der Waals surface area (Å²) < 4.78 is 40.6. The fourth-order valence-electron chi connectivity index (χ4n) is 3.69. The number of carbonyl (C=O) groups excluding carboxylic acids is 1. The third kappa shape index (κ3) is 5.94. The zero-order valence-electron chi connectivity index (χ0n) is 19.0. The molecule has 1 aliphatic rings. The first-order chi connectivity index (χ1) is 15.2. The fraction of sp³-hybridized carbons (Fsp3) is 0.458. The van der Waals surface area contributed by atoms with Crippen LogP contribution in [0, 0.1) is 5.92 Å². The summed E-state index contributed by atoms with van der Waals surface area (Å²) in [5, 5.41) is 0. The van der Waals surface area contributed by atoms with E-state index in [2.05, 4.69) is 13.8 Å². The number of amides is 1. The molecule has 174 valence electrons. The summed E-state index contributed by atoms with van der Waals surface area (Å²) in [7, 11) is -0.0394. The Hall–Kier alpha value is -2.74. The first-order valence-electron chi connectivity index (χ1n) is 10.7. The Morgan fingerprint density at radius 2 is 1.75 bits per heavy atom. The molecule has 1 saturated heterocycles. The van der Waals surface area contributed by atoms with Gasteiger partial charge in [-0.1, -0.05) is 19.9 Å². The molecule has 0 spiro atoms. The van der Waals surface area contributed by atoms with Crippen molar-refractivity contribution in [1.29, 1.82) is 0 Å². The lowest BCUT2D eigenvalue weighted by Gasteiger charge is -2.29. The van der Waals surface area contributed by atoms with E-state index in [0.717, 1.165) is 5.56 Å². The maximum Gasteiger partial charge on any atom is 0.254 e. The topological polar surface area (TPSA) is 82.1 Å². The number of ether oxygens (including phenoxy) is 3. The van der Waals surface area contributed by atoms with Gasteiger partial charge in [0.25, 0.3) is 5.91 Å². The predicted molar refractivity (Wildman–Crippen MR) is 123 cm³/mol. The van der Waals surface area contributed by atoms with Crippen molar-refractivity contribution in [1.82, 2.24) is 4.90 Å². The number of carbonyl (C=O) groups is 1. The quantitative estimate of drug-likeness (QED) is 0.568. The summed E-state index contributed by atoms with van der Waals surface area (Å²) in [6.07, 6.45) is 0.428. The first-order valence-corrected chi connectivity index (χ1v) is 12.5. The lowest BCUT2D eigenvalue weighted by atomic mass is 10.1. The van der Waals surface area contributed by atoms with Gasteiger partial charge in [0.15, 0.2) is 21.3 Å². The number of methoxy groups -OCH3 is 2. The van der Waals surface area contributed by atoms with E-state index < -0.39 is 9.84 Å². The zero-order valence-corrected chi connectivity index (χ0v) is 19.9. The van der Waals surface area contributed by atoms with Gasteiger partial charge in [-0.25, -0.2) is 8.42 Å². The van der Waals surface area contributed by atoms with Crippen LogP contribution in [-0.2, 0) is 16.4 Å².